The highest BCUT2D eigenvalue weighted by Crippen LogP contribution is 2.37. The van der Waals surface area contributed by atoms with Crippen LogP contribution in [-0.4, -0.2) is 19.7 Å². The molecule has 0 amide bonds. The van der Waals surface area contributed by atoms with Crippen LogP contribution < -0.4 is 0 Å². The topological polar surface area (TPSA) is 43.6 Å². The van der Waals surface area contributed by atoms with Crippen molar-refractivity contribution in [3.05, 3.63) is 57.9 Å². The second-order valence-electron chi connectivity index (χ2n) is 7.02. The zero-order chi connectivity index (χ0) is 17.7. The third-order valence-corrected chi connectivity index (χ3v) is 5.35. The summed E-state index contributed by atoms with van der Waals surface area (Å²) in [6, 6.07) is 4.29. The van der Waals surface area contributed by atoms with Gasteiger partial charge in [0, 0.05) is 24.4 Å². The van der Waals surface area contributed by atoms with Gasteiger partial charge in [-0.2, -0.15) is 0 Å². The van der Waals surface area contributed by atoms with Gasteiger partial charge in [-0.05, 0) is 60.6 Å². The van der Waals surface area contributed by atoms with Crippen LogP contribution in [0.2, 0.25) is 5.02 Å². The number of pyridine rings is 1. The molecule has 0 fully saturated rings. The Morgan fingerprint density at radius 2 is 1.88 bits per heavy atom. The van der Waals surface area contributed by atoms with Crippen molar-refractivity contribution < 1.29 is 0 Å². The summed E-state index contributed by atoms with van der Waals surface area (Å²) in [7, 11) is 0. The maximum atomic E-state index is 6.71. The van der Waals surface area contributed by atoms with Gasteiger partial charge in [0.05, 0.1) is 10.7 Å². The second kappa shape index (κ2) is 5.95. The minimum Gasteiger partial charge on any atom is -0.281 e. The van der Waals surface area contributed by atoms with E-state index in [1.165, 1.54) is 16.7 Å². The van der Waals surface area contributed by atoms with Crippen LogP contribution in [0.25, 0.3) is 16.8 Å². The van der Waals surface area contributed by atoms with Crippen molar-refractivity contribution in [1.82, 2.24) is 19.7 Å². The third kappa shape index (κ3) is 2.56. The van der Waals surface area contributed by atoms with Gasteiger partial charge in [0.25, 0.3) is 0 Å². The summed E-state index contributed by atoms with van der Waals surface area (Å²) in [6.45, 7) is 8.53. The lowest BCUT2D eigenvalue weighted by atomic mass is 9.91. The van der Waals surface area contributed by atoms with E-state index in [4.69, 9.17) is 11.6 Å². The van der Waals surface area contributed by atoms with Crippen molar-refractivity contribution in [2.45, 2.75) is 46.5 Å². The van der Waals surface area contributed by atoms with Crippen molar-refractivity contribution in [2.24, 2.45) is 0 Å². The molecule has 0 N–H and O–H groups in total. The van der Waals surface area contributed by atoms with E-state index in [0.29, 0.717) is 5.92 Å². The number of hydrogen-bond donors (Lipinski definition) is 0. The van der Waals surface area contributed by atoms with Crippen molar-refractivity contribution in [3.8, 4) is 16.8 Å². The molecule has 0 bridgehead atoms. The minimum absolute atomic E-state index is 0.447. The van der Waals surface area contributed by atoms with Gasteiger partial charge in [-0.25, -0.2) is 0 Å². The fourth-order valence-electron chi connectivity index (χ4n) is 3.77. The average molecular weight is 353 g/mol. The first-order valence-electron chi connectivity index (χ1n) is 8.66. The molecular formula is C20H21ClN4. The minimum atomic E-state index is 0.447. The quantitative estimate of drug-likeness (QED) is 0.664. The SMILES string of the molecule is Cc1c(-c2cc(Cl)c3c(c2)CCc2nnc(C)n2-3)cncc1C(C)C. The molecule has 4 nitrogen and oxygen atoms in total. The Labute approximate surface area is 152 Å². The third-order valence-electron chi connectivity index (χ3n) is 5.06. The van der Waals surface area contributed by atoms with E-state index in [9.17, 15) is 0 Å². The molecule has 5 heteroatoms. The van der Waals surface area contributed by atoms with Crippen LogP contribution in [0.1, 0.15) is 48.1 Å². The van der Waals surface area contributed by atoms with Crippen LogP contribution in [0.15, 0.2) is 24.5 Å². The molecule has 2 aromatic heterocycles. The van der Waals surface area contributed by atoms with Crippen LogP contribution in [0.3, 0.4) is 0 Å². The number of halogens is 1. The molecule has 0 atom stereocenters. The number of nitrogens with zero attached hydrogens (tertiary/aromatic N) is 4. The summed E-state index contributed by atoms with van der Waals surface area (Å²) < 4.78 is 2.08. The first kappa shape index (κ1) is 16.3. The van der Waals surface area contributed by atoms with Crippen LogP contribution >= 0.6 is 11.6 Å². The monoisotopic (exact) mass is 352 g/mol. The number of aromatic nitrogens is 4. The molecule has 0 saturated carbocycles. The molecular weight excluding hydrogens is 332 g/mol. The Morgan fingerprint density at radius 3 is 2.64 bits per heavy atom. The van der Waals surface area contributed by atoms with Crippen molar-refractivity contribution in [1.29, 1.82) is 0 Å². The first-order valence-corrected chi connectivity index (χ1v) is 9.03. The van der Waals surface area contributed by atoms with Crippen LogP contribution in [-0.2, 0) is 12.8 Å². The highest BCUT2D eigenvalue weighted by atomic mass is 35.5. The Kier molecular flexibility index (Phi) is 3.88. The van der Waals surface area contributed by atoms with Gasteiger partial charge in [-0.1, -0.05) is 25.4 Å². The summed E-state index contributed by atoms with van der Waals surface area (Å²) in [5.41, 5.74) is 7.11. The van der Waals surface area contributed by atoms with E-state index in [1.54, 1.807) is 0 Å². The lowest BCUT2D eigenvalue weighted by molar-refractivity contribution is 0.767. The Balaban J connectivity index is 1.90. The summed E-state index contributed by atoms with van der Waals surface area (Å²) in [5, 5.41) is 9.22. The van der Waals surface area contributed by atoms with E-state index in [-0.39, 0.29) is 0 Å². The largest absolute Gasteiger partial charge is 0.281 e. The highest BCUT2D eigenvalue weighted by Gasteiger charge is 2.23. The number of aryl methyl sites for hydroxylation is 3. The lowest BCUT2D eigenvalue weighted by Crippen LogP contribution is -2.14. The summed E-state index contributed by atoms with van der Waals surface area (Å²) >= 11 is 6.71. The zero-order valence-corrected chi connectivity index (χ0v) is 15.7. The van der Waals surface area contributed by atoms with Crippen LogP contribution in [0.4, 0.5) is 0 Å². The molecule has 0 unspecified atom stereocenters. The van der Waals surface area contributed by atoms with Gasteiger partial charge in [0.2, 0.25) is 0 Å². The number of rotatable bonds is 2. The van der Waals surface area contributed by atoms with Crippen molar-refractivity contribution >= 4 is 11.6 Å². The smallest absolute Gasteiger partial charge is 0.137 e. The number of benzene rings is 1. The maximum Gasteiger partial charge on any atom is 0.137 e. The normalized spacial score (nSPS) is 13.0. The number of fused-ring (bicyclic) bond motifs is 3. The van der Waals surface area contributed by atoms with E-state index < -0.39 is 0 Å². The molecule has 0 saturated heterocycles. The van der Waals surface area contributed by atoms with Crippen LogP contribution in [0, 0.1) is 13.8 Å². The number of hydrogen-bond acceptors (Lipinski definition) is 3. The standard InChI is InChI=1S/C20H21ClN4/c1-11(2)16-9-22-10-17(12(16)3)15-7-14-5-6-19-24-23-13(4)25(19)20(14)18(21)8-15/h7-11H,5-6H2,1-4H3. The first-order chi connectivity index (χ1) is 12.0. The molecule has 25 heavy (non-hydrogen) atoms. The Bertz CT molecular complexity index is 972. The molecule has 4 rings (SSSR count). The van der Waals surface area contributed by atoms with E-state index >= 15 is 0 Å². The van der Waals surface area contributed by atoms with Gasteiger partial charge >= 0.3 is 0 Å². The molecule has 1 aromatic carbocycles. The average Bonchev–Trinajstić information content (AvgIpc) is 2.96. The van der Waals surface area contributed by atoms with E-state index in [1.807, 2.05) is 25.4 Å². The van der Waals surface area contributed by atoms with E-state index in [0.717, 1.165) is 46.3 Å². The molecule has 3 heterocycles. The molecule has 1 aliphatic heterocycles. The van der Waals surface area contributed by atoms with Gasteiger partial charge < -0.3 is 0 Å². The van der Waals surface area contributed by atoms with Crippen molar-refractivity contribution in [2.75, 3.05) is 0 Å². The summed E-state index contributed by atoms with van der Waals surface area (Å²) in [6.07, 6.45) is 5.72. The molecule has 0 aliphatic carbocycles. The zero-order valence-electron chi connectivity index (χ0n) is 15.0. The molecule has 0 spiro atoms. The lowest BCUT2D eigenvalue weighted by Gasteiger charge is -2.22. The van der Waals surface area contributed by atoms with E-state index in [2.05, 4.69) is 46.6 Å². The fourth-order valence-corrected chi connectivity index (χ4v) is 4.10. The van der Waals surface area contributed by atoms with Gasteiger partial charge in [-0.15, -0.1) is 10.2 Å². The predicted molar refractivity (Wildman–Crippen MR) is 101 cm³/mol. The summed E-state index contributed by atoms with van der Waals surface area (Å²) in [5.74, 6) is 2.31. The van der Waals surface area contributed by atoms with Gasteiger partial charge in [0.15, 0.2) is 0 Å². The highest BCUT2D eigenvalue weighted by molar-refractivity contribution is 6.33. The Morgan fingerprint density at radius 1 is 1.08 bits per heavy atom. The predicted octanol–water partition coefficient (Wildman–Crippen LogP) is 4.82. The second-order valence-corrected chi connectivity index (χ2v) is 7.43. The van der Waals surface area contributed by atoms with Crippen LogP contribution in [0.5, 0.6) is 0 Å². The summed E-state index contributed by atoms with van der Waals surface area (Å²) in [4.78, 5) is 4.46. The Hall–Kier alpha value is -2.20. The molecule has 128 valence electrons. The van der Waals surface area contributed by atoms with Crippen molar-refractivity contribution in [3.63, 3.8) is 0 Å². The molecule has 1 aliphatic rings. The molecule has 0 radical (unpaired) electrons. The molecule has 3 aromatic rings. The fraction of sp³-hybridized carbons (Fsp3) is 0.350. The van der Waals surface area contributed by atoms with Gasteiger partial charge in [-0.3, -0.25) is 9.55 Å². The maximum absolute atomic E-state index is 6.71. The van der Waals surface area contributed by atoms with Gasteiger partial charge in [0.1, 0.15) is 11.6 Å².